The van der Waals surface area contributed by atoms with E-state index < -0.39 is 0 Å². The molecule has 0 aliphatic rings. The van der Waals surface area contributed by atoms with Crippen LogP contribution in [0, 0.1) is 0 Å². The van der Waals surface area contributed by atoms with Crippen molar-refractivity contribution >= 4 is 37.8 Å². The van der Waals surface area contributed by atoms with Crippen LogP contribution in [0.2, 0.25) is 0 Å². The summed E-state index contributed by atoms with van der Waals surface area (Å²) in [7, 11) is 1.60. The smallest absolute Gasteiger partial charge is 0.310 e. The third-order valence-electron chi connectivity index (χ3n) is 2.26. The van der Waals surface area contributed by atoms with Crippen molar-refractivity contribution in [2.75, 3.05) is 13.7 Å². The van der Waals surface area contributed by atoms with Crippen molar-refractivity contribution in [2.24, 2.45) is 0 Å². The number of carbonyl (C=O) groups excluding carboxylic acids is 1. The van der Waals surface area contributed by atoms with Gasteiger partial charge in [0.2, 0.25) is 0 Å². The molecule has 0 atom stereocenters. The van der Waals surface area contributed by atoms with E-state index >= 15 is 0 Å². The maximum atomic E-state index is 11.5. The molecule has 0 aromatic heterocycles. The molecule has 0 aliphatic heterocycles. The molecule has 0 radical (unpaired) electrons. The zero-order valence-electron chi connectivity index (χ0n) is 9.76. The maximum Gasteiger partial charge on any atom is 0.310 e. The van der Waals surface area contributed by atoms with Gasteiger partial charge in [-0.3, -0.25) is 4.79 Å². The average Bonchev–Trinajstić information content (AvgIpc) is 2.31. The molecule has 0 saturated carbocycles. The molecule has 0 amide bonds. The number of alkyl halides is 1. The van der Waals surface area contributed by atoms with Crippen molar-refractivity contribution in [2.45, 2.75) is 18.7 Å². The van der Waals surface area contributed by atoms with Gasteiger partial charge in [-0.25, -0.2) is 0 Å². The first kappa shape index (κ1) is 14.5. The molecule has 0 unspecified atom stereocenters. The maximum absolute atomic E-state index is 11.5. The van der Waals surface area contributed by atoms with Crippen molar-refractivity contribution in [3.63, 3.8) is 0 Å². The third kappa shape index (κ3) is 4.00. The highest BCUT2D eigenvalue weighted by Crippen LogP contribution is 2.30. The van der Waals surface area contributed by atoms with E-state index in [9.17, 15) is 4.79 Å². The predicted octanol–water partition coefficient (Wildman–Crippen LogP) is 3.46. The highest BCUT2D eigenvalue weighted by molar-refractivity contribution is 9.10. The van der Waals surface area contributed by atoms with Crippen LogP contribution in [-0.2, 0) is 21.3 Å². The van der Waals surface area contributed by atoms with Crippen LogP contribution in [0.1, 0.15) is 18.1 Å². The second kappa shape index (κ2) is 7.01. The molecule has 0 N–H and O–H groups in total. The topological polar surface area (TPSA) is 35.5 Å². The number of methoxy groups -OCH3 is 1. The Morgan fingerprint density at radius 2 is 2.06 bits per heavy atom. The molecule has 5 heteroatoms. The summed E-state index contributed by atoms with van der Waals surface area (Å²) < 4.78 is 11.0. The third-order valence-corrected chi connectivity index (χ3v) is 3.48. The van der Waals surface area contributed by atoms with Crippen molar-refractivity contribution in [1.29, 1.82) is 0 Å². The van der Waals surface area contributed by atoms with Crippen molar-refractivity contribution in [3.05, 3.63) is 27.7 Å². The van der Waals surface area contributed by atoms with Crippen molar-refractivity contribution < 1.29 is 14.3 Å². The SMILES string of the molecule is CCOC(=O)Cc1cc(OC)c(Br)cc1CBr. The van der Waals surface area contributed by atoms with E-state index in [0.29, 0.717) is 17.7 Å². The summed E-state index contributed by atoms with van der Waals surface area (Å²) in [4.78, 5) is 11.5. The molecule has 94 valence electrons. The van der Waals surface area contributed by atoms with Gasteiger partial charge in [-0.1, -0.05) is 15.9 Å². The second-order valence-corrected chi connectivity index (χ2v) is 4.79. The van der Waals surface area contributed by atoms with Crippen molar-refractivity contribution in [3.8, 4) is 5.75 Å². The first-order valence-electron chi connectivity index (χ1n) is 5.19. The fraction of sp³-hybridized carbons (Fsp3) is 0.417. The summed E-state index contributed by atoms with van der Waals surface area (Å²) in [6.45, 7) is 2.20. The highest BCUT2D eigenvalue weighted by atomic mass is 79.9. The number of benzene rings is 1. The summed E-state index contributed by atoms with van der Waals surface area (Å²) in [6, 6.07) is 3.81. The van der Waals surface area contributed by atoms with E-state index in [1.807, 2.05) is 12.1 Å². The Morgan fingerprint density at radius 3 is 2.59 bits per heavy atom. The van der Waals surface area contributed by atoms with Gasteiger partial charge in [-0.05, 0) is 46.1 Å². The number of rotatable bonds is 5. The van der Waals surface area contributed by atoms with Gasteiger partial charge >= 0.3 is 5.97 Å². The number of carbonyl (C=O) groups is 1. The number of hydrogen-bond acceptors (Lipinski definition) is 3. The fourth-order valence-corrected chi connectivity index (χ4v) is 2.52. The molecule has 0 fully saturated rings. The van der Waals surface area contributed by atoms with Crippen LogP contribution in [0.5, 0.6) is 5.75 Å². The minimum atomic E-state index is -0.223. The quantitative estimate of drug-likeness (QED) is 0.592. The van der Waals surface area contributed by atoms with Gasteiger partial charge in [0.15, 0.2) is 0 Å². The van der Waals surface area contributed by atoms with E-state index in [2.05, 4.69) is 31.9 Å². The Labute approximate surface area is 118 Å². The Bertz CT molecular complexity index is 405. The van der Waals surface area contributed by atoms with Crippen LogP contribution >= 0.6 is 31.9 Å². The van der Waals surface area contributed by atoms with Gasteiger partial charge in [0.25, 0.3) is 0 Å². The van der Waals surface area contributed by atoms with Gasteiger partial charge in [0, 0.05) is 5.33 Å². The monoisotopic (exact) mass is 364 g/mol. The lowest BCUT2D eigenvalue weighted by atomic mass is 10.1. The second-order valence-electron chi connectivity index (χ2n) is 3.37. The average molecular weight is 366 g/mol. The highest BCUT2D eigenvalue weighted by Gasteiger charge is 2.12. The van der Waals surface area contributed by atoms with Gasteiger partial charge in [0.1, 0.15) is 5.75 Å². The molecule has 3 nitrogen and oxygen atoms in total. The van der Waals surface area contributed by atoms with Crippen LogP contribution in [0.15, 0.2) is 16.6 Å². The number of hydrogen-bond donors (Lipinski definition) is 0. The van der Waals surface area contributed by atoms with Crippen LogP contribution in [0.3, 0.4) is 0 Å². The molecule has 1 rings (SSSR count). The van der Waals surface area contributed by atoms with Crippen LogP contribution in [0.4, 0.5) is 0 Å². The van der Waals surface area contributed by atoms with E-state index in [1.54, 1.807) is 14.0 Å². The minimum absolute atomic E-state index is 0.223. The minimum Gasteiger partial charge on any atom is -0.496 e. The summed E-state index contributed by atoms with van der Waals surface area (Å²) >= 11 is 6.82. The Kier molecular flexibility index (Phi) is 5.98. The van der Waals surface area contributed by atoms with E-state index in [0.717, 1.165) is 15.6 Å². The first-order chi connectivity index (χ1) is 8.12. The molecule has 0 bridgehead atoms. The van der Waals surface area contributed by atoms with Crippen LogP contribution in [0.25, 0.3) is 0 Å². The van der Waals surface area contributed by atoms with Gasteiger partial charge in [-0.2, -0.15) is 0 Å². The number of esters is 1. The summed E-state index contributed by atoms with van der Waals surface area (Å²) in [5.41, 5.74) is 1.96. The fourth-order valence-electron chi connectivity index (χ4n) is 1.45. The largest absolute Gasteiger partial charge is 0.496 e. The zero-order valence-corrected chi connectivity index (χ0v) is 12.9. The molecular formula is C12H14Br2O3. The van der Waals surface area contributed by atoms with E-state index in [-0.39, 0.29) is 12.4 Å². The Balaban J connectivity index is 2.99. The lowest BCUT2D eigenvalue weighted by molar-refractivity contribution is -0.142. The summed E-state index contributed by atoms with van der Waals surface area (Å²) in [6.07, 6.45) is 0.262. The molecule has 0 spiro atoms. The Morgan fingerprint density at radius 1 is 1.35 bits per heavy atom. The number of halogens is 2. The predicted molar refractivity (Wildman–Crippen MR) is 73.7 cm³/mol. The summed E-state index contributed by atoms with van der Waals surface area (Å²) in [5.74, 6) is 0.494. The molecule has 1 aromatic rings. The molecule has 0 aliphatic carbocycles. The summed E-state index contributed by atoms with van der Waals surface area (Å²) in [5, 5.41) is 0.685. The Hall–Kier alpha value is -0.550. The standard InChI is InChI=1S/C12H14Br2O3/c1-3-17-12(15)6-8-5-11(16-2)10(14)4-9(8)7-13/h4-5H,3,6-7H2,1-2H3. The lowest BCUT2D eigenvalue weighted by Gasteiger charge is -2.11. The van der Waals surface area contributed by atoms with E-state index in [1.165, 1.54) is 0 Å². The van der Waals surface area contributed by atoms with Crippen LogP contribution < -0.4 is 4.74 Å². The molecule has 0 heterocycles. The molecule has 0 saturated heterocycles. The van der Waals surface area contributed by atoms with Gasteiger partial charge < -0.3 is 9.47 Å². The molecule has 1 aromatic carbocycles. The molecule has 17 heavy (non-hydrogen) atoms. The lowest BCUT2D eigenvalue weighted by Crippen LogP contribution is -2.09. The van der Waals surface area contributed by atoms with Crippen LogP contribution in [-0.4, -0.2) is 19.7 Å². The normalized spacial score (nSPS) is 10.1. The van der Waals surface area contributed by atoms with Gasteiger partial charge in [0.05, 0.1) is 24.6 Å². The van der Waals surface area contributed by atoms with E-state index in [4.69, 9.17) is 9.47 Å². The molecular weight excluding hydrogens is 352 g/mol. The van der Waals surface area contributed by atoms with Crippen molar-refractivity contribution in [1.82, 2.24) is 0 Å². The first-order valence-corrected chi connectivity index (χ1v) is 7.10. The zero-order chi connectivity index (χ0) is 12.8. The van der Waals surface area contributed by atoms with Gasteiger partial charge in [-0.15, -0.1) is 0 Å². The number of ether oxygens (including phenoxy) is 2.